The van der Waals surface area contributed by atoms with Gasteiger partial charge in [0.1, 0.15) is 12.1 Å². The van der Waals surface area contributed by atoms with Crippen LogP contribution in [0.4, 0.5) is 0 Å². The largest absolute Gasteiger partial charge is 0.303 e. The third kappa shape index (κ3) is 1.42. The average Bonchev–Trinajstić information content (AvgIpc) is 2.44. The van der Waals surface area contributed by atoms with Crippen LogP contribution in [-0.4, -0.2) is 20.9 Å². The summed E-state index contributed by atoms with van der Waals surface area (Å²) in [5.74, 6) is 0.739. The van der Waals surface area contributed by atoms with Crippen molar-refractivity contribution in [2.75, 3.05) is 0 Å². The fourth-order valence-corrected chi connectivity index (χ4v) is 1.26. The molecule has 0 aromatic carbocycles. The van der Waals surface area contributed by atoms with Crippen LogP contribution in [0.25, 0.3) is 5.65 Å². The van der Waals surface area contributed by atoms with Crippen molar-refractivity contribution in [3.63, 3.8) is 0 Å². The summed E-state index contributed by atoms with van der Waals surface area (Å²) in [5.41, 5.74) is 1.76. The molecule has 0 amide bonds. The van der Waals surface area contributed by atoms with Crippen molar-refractivity contribution in [3.8, 4) is 0 Å². The van der Waals surface area contributed by atoms with Crippen LogP contribution in [0.5, 0.6) is 0 Å². The molecule has 0 fully saturated rings. The Morgan fingerprint density at radius 1 is 1.62 bits per heavy atom. The summed E-state index contributed by atoms with van der Waals surface area (Å²) in [7, 11) is 0. The van der Waals surface area contributed by atoms with E-state index in [1.165, 1.54) is 0 Å². The van der Waals surface area contributed by atoms with Gasteiger partial charge in [-0.3, -0.25) is 0 Å². The predicted molar refractivity (Wildman–Crippen MR) is 47.5 cm³/mol. The number of fused-ring (bicyclic) bond motifs is 1. The van der Waals surface area contributed by atoms with Gasteiger partial charge in [-0.2, -0.15) is 5.10 Å². The highest BCUT2D eigenvalue weighted by Gasteiger charge is 1.99. The number of carbonyl (C=O) groups excluding carboxylic acids is 1. The standard InChI is InChI=1S/C9H9N3O/c1-7-10-9-6-8(3-5-13)2-4-12(9)11-7/h2,4-6H,3H2,1H3. The molecular formula is C9H9N3O. The molecule has 2 rings (SSSR count). The zero-order chi connectivity index (χ0) is 9.26. The highest BCUT2D eigenvalue weighted by Crippen LogP contribution is 2.05. The molecule has 0 atom stereocenters. The van der Waals surface area contributed by atoms with E-state index in [9.17, 15) is 4.79 Å². The zero-order valence-electron chi connectivity index (χ0n) is 7.27. The molecule has 0 spiro atoms. The van der Waals surface area contributed by atoms with E-state index in [1.807, 2.05) is 25.3 Å². The van der Waals surface area contributed by atoms with Crippen LogP contribution in [0, 0.1) is 6.92 Å². The maximum absolute atomic E-state index is 10.3. The van der Waals surface area contributed by atoms with E-state index >= 15 is 0 Å². The van der Waals surface area contributed by atoms with Crippen LogP contribution >= 0.6 is 0 Å². The SMILES string of the molecule is Cc1nc2cc(CC=O)ccn2n1. The molecule has 13 heavy (non-hydrogen) atoms. The lowest BCUT2D eigenvalue weighted by Gasteiger charge is -1.94. The molecule has 0 N–H and O–H groups in total. The molecule has 0 unspecified atom stereocenters. The van der Waals surface area contributed by atoms with E-state index in [2.05, 4.69) is 10.1 Å². The summed E-state index contributed by atoms with van der Waals surface area (Å²) >= 11 is 0. The minimum absolute atomic E-state index is 0.433. The van der Waals surface area contributed by atoms with E-state index in [4.69, 9.17) is 0 Å². The summed E-state index contributed by atoms with van der Waals surface area (Å²) in [6.45, 7) is 1.84. The lowest BCUT2D eigenvalue weighted by Crippen LogP contribution is -1.91. The van der Waals surface area contributed by atoms with Crippen LogP contribution in [0.15, 0.2) is 18.3 Å². The number of aromatic nitrogens is 3. The molecule has 66 valence electrons. The molecule has 0 saturated heterocycles. The normalized spacial score (nSPS) is 10.5. The van der Waals surface area contributed by atoms with Gasteiger partial charge in [0.2, 0.25) is 0 Å². The van der Waals surface area contributed by atoms with E-state index in [-0.39, 0.29) is 0 Å². The molecule has 0 aliphatic carbocycles. The Kier molecular flexibility index (Phi) is 1.81. The molecule has 0 bridgehead atoms. The summed E-state index contributed by atoms with van der Waals surface area (Å²) < 4.78 is 1.70. The summed E-state index contributed by atoms with van der Waals surface area (Å²) in [6.07, 6.45) is 3.13. The third-order valence-corrected chi connectivity index (χ3v) is 1.83. The Morgan fingerprint density at radius 2 is 2.46 bits per heavy atom. The monoisotopic (exact) mass is 175 g/mol. The molecule has 0 aliphatic rings. The summed E-state index contributed by atoms with van der Waals surface area (Å²) in [6, 6.07) is 3.74. The number of carbonyl (C=O) groups is 1. The van der Waals surface area contributed by atoms with Gasteiger partial charge in [-0.1, -0.05) is 0 Å². The number of nitrogens with zero attached hydrogens (tertiary/aromatic N) is 3. The first-order valence-corrected chi connectivity index (χ1v) is 4.05. The number of hydrogen-bond donors (Lipinski definition) is 0. The van der Waals surface area contributed by atoms with Gasteiger partial charge in [-0.15, -0.1) is 0 Å². The molecule has 2 aromatic heterocycles. The van der Waals surface area contributed by atoms with E-state index in [0.717, 1.165) is 23.3 Å². The second-order valence-corrected chi connectivity index (χ2v) is 2.87. The van der Waals surface area contributed by atoms with E-state index in [1.54, 1.807) is 4.52 Å². The van der Waals surface area contributed by atoms with Gasteiger partial charge in [0.25, 0.3) is 0 Å². The first kappa shape index (κ1) is 7.91. The molecule has 2 aromatic rings. The van der Waals surface area contributed by atoms with Gasteiger partial charge in [-0.05, 0) is 24.6 Å². The highest BCUT2D eigenvalue weighted by molar-refractivity contribution is 5.56. The van der Waals surface area contributed by atoms with Crippen molar-refractivity contribution < 1.29 is 4.79 Å². The van der Waals surface area contributed by atoms with Crippen molar-refractivity contribution in [1.29, 1.82) is 0 Å². The Bertz CT molecular complexity index is 447. The van der Waals surface area contributed by atoms with Gasteiger partial charge in [0.15, 0.2) is 5.65 Å². The number of aldehydes is 1. The van der Waals surface area contributed by atoms with Crippen LogP contribution < -0.4 is 0 Å². The van der Waals surface area contributed by atoms with E-state index in [0.29, 0.717) is 6.42 Å². The zero-order valence-corrected chi connectivity index (χ0v) is 7.27. The smallest absolute Gasteiger partial charge is 0.155 e. The molecular weight excluding hydrogens is 166 g/mol. The van der Waals surface area contributed by atoms with Gasteiger partial charge in [0.05, 0.1) is 0 Å². The third-order valence-electron chi connectivity index (χ3n) is 1.83. The maximum atomic E-state index is 10.3. The molecule has 0 saturated carbocycles. The van der Waals surface area contributed by atoms with Crippen molar-refractivity contribution >= 4 is 11.9 Å². The minimum atomic E-state index is 0.433. The average molecular weight is 175 g/mol. The van der Waals surface area contributed by atoms with Gasteiger partial charge >= 0.3 is 0 Å². The Hall–Kier alpha value is -1.71. The maximum Gasteiger partial charge on any atom is 0.155 e. The van der Waals surface area contributed by atoms with Crippen molar-refractivity contribution in [3.05, 3.63) is 29.7 Å². The quantitative estimate of drug-likeness (QED) is 0.633. The minimum Gasteiger partial charge on any atom is -0.303 e. The molecule has 0 aliphatic heterocycles. The van der Waals surface area contributed by atoms with Crippen molar-refractivity contribution in [2.45, 2.75) is 13.3 Å². The van der Waals surface area contributed by atoms with Crippen LogP contribution in [0.3, 0.4) is 0 Å². The Morgan fingerprint density at radius 3 is 3.23 bits per heavy atom. The molecule has 2 heterocycles. The fraction of sp³-hybridized carbons (Fsp3) is 0.222. The van der Waals surface area contributed by atoms with Gasteiger partial charge < -0.3 is 4.79 Å². The van der Waals surface area contributed by atoms with E-state index < -0.39 is 0 Å². The van der Waals surface area contributed by atoms with Crippen LogP contribution in [0.2, 0.25) is 0 Å². The van der Waals surface area contributed by atoms with Crippen LogP contribution in [0.1, 0.15) is 11.4 Å². The topological polar surface area (TPSA) is 47.3 Å². The second kappa shape index (κ2) is 2.97. The van der Waals surface area contributed by atoms with Gasteiger partial charge in [-0.25, -0.2) is 9.50 Å². The number of pyridine rings is 1. The second-order valence-electron chi connectivity index (χ2n) is 2.87. The Balaban J connectivity index is 2.54. The predicted octanol–water partition coefficient (Wildman–Crippen LogP) is 0.779. The molecule has 0 radical (unpaired) electrons. The van der Waals surface area contributed by atoms with Crippen LogP contribution in [-0.2, 0) is 11.2 Å². The summed E-state index contributed by atoms with van der Waals surface area (Å²) in [5, 5.41) is 4.13. The number of hydrogen-bond acceptors (Lipinski definition) is 3. The molecule has 4 nitrogen and oxygen atoms in total. The lowest BCUT2D eigenvalue weighted by atomic mass is 10.2. The van der Waals surface area contributed by atoms with Crippen molar-refractivity contribution in [1.82, 2.24) is 14.6 Å². The number of aryl methyl sites for hydroxylation is 1. The van der Waals surface area contributed by atoms with Crippen molar-refractivity contribution in [2.24, 2.45) is 0 Å². The lowest BCUT2D eigenvalue weighted by molar-refractivity contribution is -0.107. The van der Waals surface area contributed by atoms with Gasteiger partial charge in [0, 0.05) is 12.6 Å². The highest BCUT2D eigenvalue weighted by atomic mass is 16.1. The molecule has 4 heteroatoms. The first-order valence-electron chi connectivity index (χ1n) is 4.05. The Labute approximate surface area is 75.2 Å². The fourth-order valence-electron chi connectivity index (χ4n) is 1.26. The number of rotatable bonds is 2. The first-order chi connectivity index (χ1) is 6.29. The summed E-state index contributed by atoms with van der Waals surface area (Å²) in [4.78, 5) is 14.5.